The maximum absolute atomic E-state index is 6.06. The van der Waals surface area contributed by atoms with Gasteiger partial charge in [0.05, 0.1) is 17.0 Å². The topological polar surface area (TPSA) is 65.1 Å². The van der Waals surface area contributed by atoms with Crippen molar-refractivity contribution in [2.24, 2.45) is 7.05 Å². The molecular formula is C12H22N4O. The van der Waals surface area contributed by atoms with Crippen molar-refractivity contribution in [1.29, 1.82) is 0 Å². The summed E-state index contributed by atoms with van der Waals surface area (Å²) in [6.45, 7) is 5.84. The van der Waals surface area contributed by atoms with Gasteiger partial charge in [-0.2, -0.15) is 5.10 Å². The zero-order chi connectivity index (χ0) is 12.5. The van der Waals surface area contributed by atoms with Gasteiger partial charge in [0.15, 0.2) is 0 Å². The molecule has 0 spiro atoms. The molecule has 5 heteroatoms. The van der Waals surface area contributed by atoms with Crippen molar-refractivity contribution in [1.82, 2.24) is 9.78 Å². The highest BCUT2D eigenvalue weighted by Gasteiger charge is 2.30. The summed E-state index contributed by atoms with van der Waals surface area (Å²) in [5.41, 5.74) is 7.70. The van der Waals surface area contributed by atoms with Crippen molar-refractivity contribution in [2.45, 2.75) is 38.7 Å². The van der Waals surface area contributed by atoms with Crippen molar-refractivity contribution in [3.63, 3.8) is 0 Å². The number of anilines is 2. The predicted octanol–water partition coefficient (Wildman–Crippen LogP) is 1.55. The molecule has 1 fully saturated rings. The van der Waals surface area contributed by atoms with Crippen LogP contribution in [-0.4, -0.2) is 28.5 Å². The third-order valence-electron chi connectivity index (χ3n) is 3.43. The van der Waals surface area contributed by atoms with Crippen molar-refractivity contribution in [3.8, 4) is 0 Å². The minimum atomic E-state index is -0.0664. The molecule has 1 aliphatic heterocycles. The number of hydrogen-bond donors (Lipinski definition) is 2. The van der Waals surface area contributed by atoms with Gasteiger partial charge in [-0.3, -0.25) is 4.68 Å². The van der Waals surface area contributed by atoms with Crippen LogP contribution in [0.2, 0.25) is 0 Å². The van der Waals surface area contributed by atoms with Gasteiger partial charge in [-0.15, -0.1) is 0 Å². The Morgan fingerprint density at radius 1 is 1.59 bits per heavy atom. The van der Waals surface area contributed by atoms with Crippen LogP contribution in [-0.2, 0) is 18.2 Å². The van der Waals surface area contributed by atoms with Crippen molar-refractivity contribution in [2.75, 3.05) is 24.2 Å². The molecule has 1 aromatic heterocycles. The summed E-state index contributed by atoms with van der Waals surface area (Å²) < 4.78 is 7.55. The standard InChI is InChI=1S/C12H22N4O/c1-4-9-10(13)11(16(3)15-9)14-8-12(2)6-5-7-17-12/h14H,4-8,13H2,1-3H3. The molecule has 0 saturated carbocycles. The van der Waals surface area contributed by atoms with Crippen LogP contribution in [0.1, 0.15) is 32.4 Å². The normalized spacial score (nSPS) is 24.2. The van der Waals surface area contributed by atoms with Crippen LogP contribution in [0.25, 0.3) is 0 Å². The lowest BCUT2D eigenvalue weighted by molar-refractivity contribution is 0.0314. The van der Waals surface area contributed by atoms with Gasteiger partial charge in [0, 0.05) is 20.2 Å². The maximum Gasteiger partial charge on any atom is 0.147 e. The highest BCUT2D eigenvalue weighted by atomic mass is 16.5. The van der Waals surface area contributed by atoms with Gasteiger partial charge in [0.1, 0.15) is 5.82 Å². The van der Waals surface area contributed by atoms with E-state index in [1.165, 1.54) is 0 Å². The number of nitrogens with one attached hydrogen (secondary N) is 1. The summed E-state index contributed by atoms with van der Waals surface area (Å²) in [6, 6.07) is 0. The molecule has 1 aromatic rings. The quantitative estimate of drug-likeness (QED) is 0.835. The van der Waals surface area contributed by atoms with Gasteiger partial charge in [-0.25, -0.2) is 0 Å². The molecule has 17 heavy (non-hydrogen) atoms. The number of hydrogen-bond acceptors (Lipinski definition) is 4. The van der Waals surface area contributed by atoms with Crippen molar-refractivity contribution >= 4 is 11.5 Å². The number of nitrogen functional groups attached to an aromatic ring is 1. The molecule has 96 valence electrons. The highest BCUT2D eigenvalue weighted by molar-refractivity contribution is 5.65. The summed E-state index contributed by atoms with van der Waals surface area (Å²) in [7, 11) is 1.91. The fourth-order valence-corrected chi connectivity index (χ4v) is 2.31. The molecule has 1 unspecified atom stereocenters. The van der Waals surface area contributed by atoms with E-state index in [2.05, 4.69) is 24.3 Å². The summed E-state index contributed by atoms with van der Waals surface area (Å²) >= 11 is 0. The monoisotopic (exact) mass is 238 g/mol. The van der Waals surface area contributed by atoms with Crippen LogP contribution in [0.5, 0.6) is 0 Å². The predicted molar refractivity (Wildman–Crippen MR) is 69.1 cm³/mol. The number of aromatic nitrogens is 2. The van der Waals surface area contributed by atoms with E-state index in [0.29, 0.717) is 0 Å². The molecule has 0 radical (unpaired) electrons. The van der Waals surface area contributed by atoms with Crippen molar-refractivity contribution in [3.05, 3.63) is 5.69 Å². The number of nitrogens with two attached hydrogens (primary N) is 1. The highest BCUT2D eigenvalue weighted by Crippen LogP contribution is 2.27. The van der Waals surface area contributed by atoms with Gasteiger partial charge >= 0.3 is 0 Å². The zero-order valence-corrected chi connectivity index (χ0v) is 10.9. The second-order valence-corrected chi connectivity index (χ2v) is 4.94. The van der Waals surface area contributed by atoms with Crippen LogP contribution < -0.4 is 11.1 Å². The fourth-order valence-electron chi connectivity index (χ4n) is 2.31. The average Bonchev–Trinajstić information content (AvgIpc) is 2.83. The van der Waals surface area contributed by atoms with E-state index >= 15 is 0 Å². The van der Waals surface area contributed by atoms with E-state index in [1.807, 2.05) is 11.7 Å². The van der Waals surface area contributed by atoms with E-state index in [-0.39, 0.29) is 5.60 Å². The van der Waals surface area contributed by atoms with Crippen LogP contribution in [0, 0.1) is 0 Å². The van der Waals surface area contributed by atoms with E-state index in [1.54, 1.807) is 0 Å². The van der Waals surface area contributed by atoms with E-state index in [9.17, 15) is 0 Å². The first-order chi connectivity index (χ1) is 8.06. The Labute approximate surface area is 102 Å². The molecule has 1 saturated heterocycles. The van der Waals surface area contributed by atoms with Crippen LogP contribution in [0.4, 0.5) is 11.5 Å². The molecule has 0 bridgehead atoms. The number of aryl methyl sites for hydroxylation is 2. The minimum Gasteiger partial charge on any atom is -0.394 e. The zero-order valence-electron chi connectivity index (χ0n) is 10.9. The Hall–Kier alpha value is -1.23. The Morgan fingerprint density at radius 3 is 2.88 bits per heavy atom. The molecule has 0 aromatic carbocycles. The number of nitrogens with zero attached hydrogens (tertiary/aromatic N) is 2. The number of ether oxygens (including phenoxy) is 1. The molecule has 5 nitrogen and oxygen atoms in total. The molecule has 3 N–H and O–H groups in total. The van der Waals surface area contributed by atoms with Gasteiger partial charge in [0.25, 0.3) is 0 Å². The molecular weight excluding hydrogens is 216 g/mol. The summed E-state index contributed by atoms with van der Waals surface area (Å²) in [6.07, 6.45) is 3.09. The van der Waals surface area contributed by atoms with Crippen LogP contribution >= 0.6 is 0 Å². The van der Waals surface area contributed by atoms with Crippen molar-refractivity contribution < 1.29 is 4.74 Å². The molecule has 1 aliphatic rings. The average molecular weight is 238 g/mol. The Kier molecular flexibility index (Phi) is 3.28. The largest absolute Gasteiger partial charge is 0.394 e. The third-order valence-corrected chi connectivity index (χ3v) is 3.43. The lowest BCUT2D eigenvalue weighted by Gasteiger charge is -2.24. The first kappa shape index (κ1) is 12.2. The molecule has 2 heterocycles. The lowest BCUT2D eigenvalue weighted by atomic mass is 10.0. The number of rotatable bonds is 4. The molecule has 2 rings (SSSR count). The second kappa shape index (κ2) is 4.56. The van der Waals surface area contributed by atoms with Gasteiger partial charge in [-0.1, -0.05) is 6.92 Å². The minimum absolute atomic E-state index is 0.0664. The van der Waals surface area contributed by atoms with Gasteiger partial charge < -0.3 is 15.8 Å². The van der Waals surface area contributed by atoms with E-state index in [0.717, 1.165) is 49.6 Å². The summed E-state index contributed by atoms with van der Waals surface area (Å²) in [5.74, 6) is 0.901. The Morgan fingerprint density at radius 2 is 2.35 bits per heavy atom. The lowest BCUT2D eigenvalue weighted by Crippen LogP contribution is -2.33. The summed E-state index contributed by atoms with van der Waals surface area (Å²) in [5, 5.41) is 7.75. The molecule has 0 amide bonds. The van der Waals surface area contributed by atoms with Crippen LogP contribution in [0.3, 0.4) is 0 Å². The first-order valence-corrected chi connectivity index (χ1v) is 6.25. The van der Waals surface area contributed by atoms with Crippen LogP contribution in [0.15, 0.2) is 0 Å². The Bertz CT molecular complexity index is 393. The Balaban J connectivity index is 2.06. The smallest absolute Gasteiger partial charge is 0.147 e. The fraction of sp³-hybridized carbons (Fsp3) is 0.750. The molecule has 1 atom stereocenters. The maximum atomic E-state index is 6.06. The van der Waals surface area contributed by atoms with E-state index < -0.39 is 0 Å². The second-order valence-electron chi connectivity index (χ2n) is 4.94. The van der Waals surface area contributed by atoms with E-state index in [4.69, 9.17) is 10.5 Å². The van der Waals surface area contributed by atoms with Gasteiger partial charge in [0.2, 0.25) is 0 Å². The van der Waals surface area contributed by atoms with Gasteiger partial charge in [-0.05, 0) is 26.2 Å². The first-order valence-electron chi connectivity index (χ1n) is 6.25. The molecule has 0 aliphatic carbocycles. The third kappa shape index (κ3) is 2.39. The summed E-state index contributed by atoms with van der Waals surface area (Å²) in [4.78, 5) is 0. The SMILES string of the molecule is CCc1nn(C)c(NCC2(C)CCCO2)c1N.